The highest BCUT2D eigenvalue weighted by molar-refractivity contribution is 5.86. The molecule has 4 N–H and O–H groups in total. The van der Waals surface area contributed by atoms with Crippen molar-refractivity contribution in [1.82, 2.24) is 5.43 Å². The molecule has 0 radical (unpaired) electrons. The van der Waals surface area contributed by atoms with Crippen molar-refractivity contribution in [2.24, 2.45) is 10.8 Å². The second-order valence-electron chi connectivity index (χ2n) is 2.89. The molecule has 94 valence electrons. The van der Waals surface area contributed by atoms with Crippen LogP contribution in [0.5, 0.6) is 11.5 Å². The van der Waals surface area contributed by atoms with Crippen molar-refractivity contribution in [2.45, 2.75) is 0 Å². The van der Waals surface area contributed by atoms with Gasteiger partial charge in [-0.3, -0.25) is 5.41 Å². The molecule has 0 heterocycles. The van der Waals surface area contributed by atoms with E-state index in [1.807, 2.05) is 0 Å². The molecule has 0 bridgehead atoms. The van der Waals surface area contributed by atoms with Crippen LogP contribution in [0, 0.1) is 5.41 Å². The number of rotatable bonds is 4. The number of nitrogens with zero attached hydrogens (tertiary/aromatic N) is 1. The largest absolute Gasteiger partial charge is 0.497 e. The fraction of sp³-hybridized carbons (Fsp3) is 0.200. The molecule has 0 unspecified atom stereocenters. The Morgan fingerprint density at radius 1 is 1.41 bits per heavy atom. The topological polar surface area (TPSA) is 92.7 Å². The minimum atomic E-state index is -0.224. The lowest BCUT2D eigenvalue weighted by Gasteiger charge is -2.06. The molecular weight excluding hydrogens is 244 g/mol. The number of hydrogen-bond donors (Lipinski definition) is 3. The molecule has 7 heteroatoms. The Bertz CT molecular complexity index is 409. The summed E-state index contributed by atoms with van der Waals surface area (Å²) in [6, 6.07) is 5.33. The molecule has 0 fully saturated rings. The maximum absolute atomic E-state index is 6.93. The minimum absolute atomic E-state index is 0. The number of hydrogen-bond acceptors (Lipinski definition) is 4. The van der Waals surface area contributed by atoms with Gasteiger partial charge in [-0.05, 0) is 18.2 Å². The number of nitrogens with two attached hydrogens (primary N) is 1. The third kappa shape index (κ3) is 4.60. The number of benzene rings is 1. The van der Waals surface area contributed by atoms with Gasteiger partial charge < -0.3 is 15.2 Å². The molecule has 1 rings (SSSR count). The van der Waals surface area contributed by atoms with Gasteiger partial charge in [-0.15, -0.1) is 12.4 Å². The van der Waals surface area contributed by atoms with Crippen LogP contribution in [0.3, 0.4) is 0 Å². The predicted octanol–water partition coefficient (Wildman–Crippen LogP) is 0.943. The molecular formula is C10H15ClN4O2. The van der Waals surface area contributed by atoms with Crippen LogP contribution in [0.2, 0.25) is 0 Å². The van der Waals surface area contributed by atoms with E-state index < -0.39 is 0 Å². The highest BCUT2D eigenvalue weighted by atomic mass is 35.5. The highest BCUT2D eigenvalue weighted by Gasteiger charge is 2.02. The van der Waals surface area contributed by atoms with E-state index >= 15 is 0 Å². The van der Waals surface area contributed by atoms with E-state index in [4.69, 9.17) is 20.6 Å². The quantitative estimate of drug-likeness (QED) is 0.426. The average molecular weight is 259 g/mol. The van der Waals surface area contributed by atoms with Crippen LogP contribution in [0.1, 0.15) is 5.56 Å². The van der Waals surface area contributed by atoms with E-state index in [-0.39, 0.29) is 18.4 Å². The molecule has 6 nitrogen and oxygen atoms in total. The molecule has 0 aliphatic carbocycles. The normalized spacial score (nSPS) is 9.53. The Morgan fingerprint density at radius 2 is 2.12 bits per heavy atom. The zero-order chi connectivity index (χ0) is 12.0. The molecule has 0 spiro atoms. The van der Waals surface area contributed by atoms with Crippen molar-refractivity contribution in [3.05, 3.63) is 23.8 Å². The van der Waals surface area contributed by atoms with Gasteiger partial charge in [0.2, 0.25) is 5.96 Å². The van der Waals surface area contributed by atoms with Gasteiger partial charge in [0.1, 0.15) is 11.5 Å². The number of methoxy groups -OCH3 is 2. The van der Waals surface area contributed by atoms with E-state index in [2.05, 4.69) is 10.5 Å². The maximum Gasteiger partial charge on any atom is 0.206 e. The molecule has 0 amide bonds. The molecule has 1 aromatic rings. The van der Waals surface area contributed by atoms with Gasteiger partial charge in [0.05, 0.1) is 20.4 Å². The highest BCUT2D eigenvalue weighted by Crippen LogP contribution is 2.22. The summed E-state index contributed by atoms with van der Waals surface area (Å²) in [5.41, 5.74) is 8.13. The van der Waals surface area contributed by atoms with Crippen molar-refractivity contribution >= 4 is 24.6 Å². The van der Waals surface area contributed by atoms with E-state index in [1.165, 1.54) is 6.21 Å². The Balaban J connectivity index is 0.00000256. The van der Waals surface area contributed by atoms with E-state index in [0.29, 0.717) is 11.5 Å². The van der Waals surface area contributed by atoms with Crippen LogP contribution in [0.15, 0.2) is 23.3 Å². The number of ether oxygens (including phenoxy) is 2. The van der Waals surface area contributed by atoms with Gasteiger partial charge in [0.25, 0.3) is 0 Å². The van der Waals surface area contributed by atoms with Gasteiger partial charge in [-0.2, -0.15) is 5.10 Å². The van der Waals surface area contributed by atoms with E-state index in [0.717, 1.165) is 5.56 Å². The lowest BCUT2D eigenvalue weighted by atomic mass is 10.2. The minimum Gasteiger partial charge on any atom is -0.497 e. The molecule has 0 saturated heterocycles. The van der Waals surface area contributed by atoms with Crippen LogP contribution < -0.4 is 20.6 Å². The Hall–Kier alpha value is -1.95. The van der Waals surface area contributed by atoms with Crippen molar-refractivity contribution in [1.29, 1.82) is 5.41 Å². The fourth-order valence-corrected chi connectivity index (χ4v) is 1.11. The number of halogens is 1. The molecule has 0 aliphatic heterocycles. The lowest BCUT2D eigenvalue weighted by Crippen LogP contribution is -2.25. The summed E-state index contributed by atoms with van der Waals surface area (Å²) in [6.07, 6.45) is 1.50. The Morgan fingerprint density at radius 3 is 2.65 bits per heavy atom. The third-order valence-electron chi connectivity index (χ3n) is 1.83. The summed E-state index contributed by atoms with van der Waals surface area (Å²) in [4.78, 5) is 0. The first-order valence-corrected chi connectivity index (χ1v) is 4.52. The monoisotopic (exact) mass is 258 g/mol. The number of guanidine groups is 1. The third-order valence-corrected chi connectivity index (χ3v) is 1.83. The maximum atomic E-state index is 6.93. The zero-order valence-electron chi connectivity index (χ0n) is 9.56. The van der Waals surface area contributed by atoms with Crippen LogP contribution >= 0.6 is 12.4 Å². The molecule has 0 saturated carbocycles. The molecule has 0 aromatic heterocycles. The summed E-state index contributed by atoms with van der Waals surface area (Å²) < 4.78 is 10.2. The van der Waals surface area contributed by atoms with Crippen LogP contribution in [0.4, 0.5) is 0 Å². The van der Waals surface area contributed by atoms with Crippen molar-refractivity contribution in [2.75, 3.05) is 14.2 Å². The summed E-state index contributed by atoms with van der Waals surface area (Å²) in [6.45, 7) is 0. The number of hydrazone groups is 1. The van der Waals surface area contributed by atoms with Gasteiger partial charge in [0, 0.05) is 5.56 Å². The Labute approximate surface area is 106 Å². The number of nitrogens with one attached hydrogen (secondary N) is 2. The van der Waals surface area contributed by atoms with Gasteiger partial charge in [-0.1, -0.05) is 0 Å². The average Bonchev–Trinajstić information content (AvgIpc) is 2.28. The van der Waals surface area contributed by atoms with Gasteiger partial charge >= 0.3 is 0 Å². The standard InChI is InChI=1S/C10H14N4O2.ClH/c1-15-8-3-4-9(16-2)7(5-8)6-13-14-10(11)12;/h3-6H,1-2H3,(H4,11,12,14);1H/b13-6+;. The second kappa shape index (κ2) is 7.34. The van der Waals surface area contributed by atoms with Gasteiger partial charge in [0.15, 0.2) is 0 Å². The summed E-state index contributed by atoms with van der Waals surface area (Å²) in [5.74, 6) is 1.14. The summed E-state index contributed by atoms with van der Waals surface area (Å²) in [7, 11) is 3.15. The summed E-state index contributed by atoms with van der Waals surface area (Å²) >= 11 is 0. The van der Waals surface area contributed by atoms with Crippen molar-refractivity contribution < 1.29 is 9.47 Å². The molecule has 17 heavy (non-hydrogen) atoms. The van der Waals surface area contributed by atoms with Crippen molar-refractivity contribution in [3.63, 3.8) is 0 Å². The van der Waals surface area contributed by atoms with Gasteiger partial charge in [-0.25, -0.2) is 5.43 Å². The lowest BCUT2D eigenvalue weighted by molar-refractivity contribution is 0.402. The van der Waals surface area contributed by atoms with Crippen molar-refractivity contribution in [3.8, 4) is 11.5 Å². The molecule has 0 atom stereocenters. The fourth-order valence-electron chi connectivity index (χ4n) is 1.11. The SMILES string of the molecule is COc1ccc(OC)c(/C=N/NC(=N)N)c1.Cl. The summed E-state index contributed by atoms with van der Waals surface area (Å²) in [5, 5.41) is 10.7. The Kier molecular flexibility index (Phi) is 6.50. The first-order valence-electron chi connectivity index (χ1n) is 4.52. The molecule has 0 aliphatic rings. The van der Waals surface area contributed by atoms with Crippen LogP contribution in [-0.4, -0.2) is 26.4 Å². The smallest absolute Gasteiger partial charge is 0.206 e. The first kappa shape index (κ1) is 15.0. The predicted molar refractivity (Wildman–Crippen MR) is 69.4 cm³/mol. The zero-order valence-corrected chi connectivity index (χ0v) is 10.4. The van der Waals surface area contributed by atoms with E-state index in [1.54, 1.807) is 32.4 Å². The first-order chi connectivity index (χ1) is 7.67. The second-order valence-corrected chi connectivity index (χ2v) is 2.89. The van der Waals surface area contributed by atoms with E-state index in [9.17, 15) is 0 Å². The molecule has 1 aromatic carbocycles. The van der Waals surface area contributed by atoms with Crippen LogP contribution in [0.25, 0.3) is 0 Å². The van der Waals surface area contributed by atoms with Crippen LogP contribution in [-0.2, 0) is 0 Å².